The highest BCUT2D eigenvalue weighted by molar-refractivity contribution is 6.31. The maximum Gasteiger partial charge on any atom is 0.407 e. The molecule has 2 atom stereocenters. The summed E-state index contributed by atoms with van der Waals surface area (Å²) in [6, 6.07) is 16.5. The van der Waals surface area contributed by atoms with Crippen LogP contribution in [0.4, 0.5) is 21.2 Å². The summed E-state index contributed by atoms with van der Waals surface area (Å²) in [5, 5.41) is 31.9. The molecule has 9 rings (SSSR count). The number of nitrogens with one attached hydrogen (secondary N) is 3. The summed E-state index contributed by atoms with van der Waals surface area (Å²) < 4.78 is 19.4. The zero-order valence-electron chi connectivity index (χ0n) is 44.7. The highest BCUT2D eigenvalue weighted by Gasteiger charge is 2.35. The predicted molar refractivity (Wildman–Crippen MR) is 293 cm³/mol. The Morgan fingerprint density at radius 1 is 0.675 bits per heavy atom. The minimum Gasteiger partial charge on any atom is -0.444 e. The summed E-state index contributed by atoms with van der Waals surface area (Å²) in [7, 11) is 6.04. The summed E-state index contributed by atoms with van der Waals surface area (Å²) >= 11 is 13.0. The van der Waals surface area contributed by atoms with Gasteiger partial charge in [0.15, 0.2) is 0 Å². The fourth-order valence-corrected chi connectivity index (χ4v) is 10.5. The third-order valence-electron chi connectivity index (χ3n) is 13.4. The number of benzene rings is 2. The normalized spacial score (nSPS) is 16.0. The largest absolute Gasteiger partial charge is 0.444 e. The standard InChI is InChI=1S/C26H32ClN9O4.C26H31ClN6O4/c1-26(2,3)40-24(38)28-16-10-8-12-35(14-16)22-18(21-29-31-32-30-21)19-20(23(37)34(5)25(39)33(19)4)36(22)13-15-9-6-7-11-17(15)27;1-26(2,3)37-24(35)29-17-10-8-12-32(15-17)22-18(13-28)20-21(23(34)31(5)25(36)30(20)4)33(22)14-16-9-6-7-11-19(16)27/h6-7,9,11,16H,8,10,12-14H2,1-5H3,(H,28,38)(H,29,30,31,32);6-7,9,11,17H,8,10,12,14-15H2,1-5H3,(H,29,35)/t16-;17-/m11/s1. The number of hydrogen-bond acceptors (Lipinski definition) is 14. The minimum atomic E-state index is -0.629. The van der Waals surface area contributed by atoms with Gasteiger partial charge in [-0.3, -0.25) is 27.9 Å². The number of nitriles is 1. The topological polar surface area (TPSA) is 259 Å². The maximum absolute atomic E-state index is 13.7. The van der Waals surface area contributed by atoms with E-state index < -0.39 is 45.9 Å². The number of nitrogens with zero attached hydrogens (tertiary/aromatic N) is 12. The molecule has 2 fully saturated rings. The number of halogens is 2. The average Bonchev–Trinajstić information content (AvgIpc) is 4.23. The smallest absolute Gasteiger partial charge is 0.407 e. The van der Waals surface area contributed by atoms with Gasteiger partial charge in [0.1, 0.15) is 45.5 Å². The molecule has 0 saturated carbocycles. The van der Waals surface area contributed by atoms with Gasteiger partial charge >= 0.3 is 23.6 Å². The predicted octanol–water partition coefficient (Wildman–Crippen LogP) is 5.52. The first-order valence-electron chi connectivity index (χ1n) is 25.1. The van der Waals surface area contributed by atoms with E-state index in [-0.39, 0.29) is 47.6 Å². The molecule has 7 heterocycles. The van der Waals surface area contributed by atoms with Crippen LogP contribution < -0.4 is 42.9 Å². The Morgan fingerprint density at radius 2 is 1.12 bits per heavy atom. The van der Waals surface area contributed by atoms with Crippen molar-refractivity contribution in [2.24, 2.45) is 28.2 Å². The first kappa shape index (κ1) is 55.4. The van der Waals surface area contributed by atoms with E-state index in [2.05, 4.69) is 42.2 Å². The molecule has 0 bridgehead atoms. The molecule has 5 aromatic heterocycles. The Balaban J connectivity index is 0.000000204. The number of H-pyrrole nitrogens is 1. The number of tetrazole rings is 1. The molecule has 2 saturated heterocycles. The fourth-order valence-electron chi connectivity index (χ4n) is 10.1. The van der Waals surface area contributed by atoms with E-state index in [1.807, 2.05) is 66.6 Å². The third kappa shape index (κ3) is 11.5. The van der Waals surface area contributed by atoms with Crippen LogP contribution in [0.25, 0.3) is 33.5 Å². The van der Waals surface area contributed by atoms with E-state index in [0.29, 0.717) is 64.5 Å². The van der Waals surface area contributed by atoms with Gasteiger partial charge < -0.3 is 39.0 Å². The van der Waals surface area contributed by atoms with Gasteiger partial charge in [-0.1, -0.05) is 59.6 Å². The maximum atomic E-state index is 13.7. The van der Waals surface area contributed by atoms with E-state index in [4.69, 9.17) is 32.7 Å². The monoisotopic (exact) mass is 1100 g/mol. The van der Waals surface area contributed by atoms with Crippen LogP contribution in [-0.2, 0) is 50.8 Å². The van der Waals surface area contributed by atoms with Gasteiger partial charge in [-0.2, -0.15) is 10.5 Å². The van der Waals surface area contributed by atoms with Crippen LogP contribution in [0.15, 0.2) is 67.7 Å². The van der Waals surface area contributed by atoms with Crippen LogP contribution in [0.1, 0.15) is 83.9 Å². The number of aromatic amines is 1. The van der Waals surface area contributed by atoms with Crippen LogP contribution in [0.2, 0.25) is 10.0 Å². The van der Waals surface area contributed by atoms with Crippen LogP contribution in [0.5, 0.6) is 0 Å². The zero-order chi connectivity index (χ0) is 55.8. The molecule has 23 nitrogen and oxygen atoms in total. The second kappa shape index (κ2) is 22.0. The molecule has 0 radical (unpaired) electrons. The molecular weight excluding hydrogens is 1030 g/mol. The van der Waals surface area contributed by atoms with E-state index >= 15 is 0 Å². The molecule has 2 amide bonds. The molecule has 0 aliphatic carbocycles. The number of fused-ring (bicyclic) bond motifs is 2. The van der Waals surface area contributed by atoms with Crippen molar-refractivity contribution in [3.8, 4) is 17.5 Å². The number of anilines is 2. The molecule has 7 aromatic rings. The number of hydrogen-bond donors (Lipinski definition) is 3. The number of amides is 2. The van der Waals surface area contributed by atoms with Crippen LogP contribution >= 0.6 is 23.2 Å². The van der Waals surface area contributed by atoms with E-state index in [9.17, 15) is 34.0 Å². The van der Waals surface area contributed by atoms with Crippen molar-refractivity contribution in [2.45, 2.75) is 104 Å². The number of carbonyl (C=O) groups is 2. The van der Waals surface area contributed by atoms with Crippen molar-refractivity contribution in [1.82, 2.24) is 58.7 Å². The summed E-state index contributed by atoms with van der Waals surface area (Å²) in [6.45, 7) is 13.4. The van der Waals surface area contributed by atoms with Crippen molar-refractivity contribution in [2.75, 3.05) is 36.0 Å². The van der Waals surface area contributed by atoms with Gasteiger partial charge in [-0.15, -0.1) is 10.2 Å². The number of piperidine rings is 2. The second-order valence-corrected chi connectivity index (χ2v) is 22.1. The van der Waals surface area contributed by atoms with Crippen molar-refractivity contribution >= 4 is 69.1 Å². The van der Waals surface area contributed by atoms with Gasteiger partial charge in [0.25, 0.3) is 11.1 Å². The number of ether oxygens (including phenoxy) is 2. The summed E-state index contributed by atoms with van der Waals surface area (Å²) in [5.74, 6) is 1.39. The van der Waals surface area contributed by atoms with Crippen LogP contribution in [0, 0.1) is 11.3 Å². The molecule has 0 unspecified atom stereocenters. The lowest BCUT2D eigenvalue weighted by Crippen LogP contribution is -2.49. The molecule has 2 aromatic carbocycles. The average molecular weight is 1100 g/mol. The third-order valence-corrected chi connectivity index (χ3v) is 14.1. The van der Waals surface area contributed by atoms with E-state index in [1.54, 1.807) is 51.6 Å². The first-order valence-corrected chi connectivity index (χ1v) is 25.9. The van der Waals surface area contributed by atoms with Crippen molar-refractivity contribution in [1.29, 1.82) is 5.26 Å². The number of aryl methyl sites for hydroxylation is 2. The van der Waals surface area contributed by atoms with Gasteiger partial charge in [-0.05, 0) is 95.7 Å². The highest BCUT2D eigenvalue weighted by atomic mass is 35.5. The molecule has 77 heavy (non-hydrogen) atoms. The summed E-state index contributed by atoms with van der Waals surface area (Å²) in [6.07, 6.45) is 1.99. The van der Waals surface area contributed by atoms with E-state index in [1.165, 1.54) is 23.2 Å². The van der Waals surface area contributed by atoms with Gasteiger partial charge in [0.05, 0.1) is 29.7 Å². The fraction of sp³-hybridized carbons (Fsp3) is 0.462. The van der Waals surface area contributed by atoms with Crippen molar-refractivity contribution in [3.05, 3.63) is 117 Å². The van der Waals surface area contributed by atoms with Crippen LogP contribution in [-0.4, -0.2) is 110 Å². The quantitative estimate of drug-likeness (QED) is 0.161. The number of aromatic nitrogens is 10. The Morgan fingerprint density at radius 3 is 1.56 bits per heavy atom. The number of carbonyl (C=O) groups excluding carboxylic acids is 2. The lowest BCUT2D eigenvalue weighted by Gasteiger charge is -2.36. The zero-order valence-corrected chi connectivity index (χ0v) is 46.2. The van der Waals surface area contributed by atoms with E-state index in [0.717, 1.165) is 45.9 Å². The highest BCUT2D eigenvalue weighted by Crippen LogP contribution is 2.40. The summed E-state index contributed by atoms with van der Waals surface area (Å²) in [5.41, 5.74) is 0.304. The Hall–Kier alpha value is -7.84. The molecule has 3 N–H and O–H groups in total. The second-order valence-electron chi connectivity index (χ2n) is 21.3. The Kier molecular flexibility index (Phi) is 15.8. The minimum absolute atomic E-state index is 0.222. The van der Waals surface area contributed by atoms with Crippen LogP contribution in [0.3, 0.4) is 0 Å². The number of rotatable bonds is 9. The van der Waals surface area contributed by atoms with Gasteiger partial charge in [0, 0.05) is 76.5 Å². The van der Waals surface area contributed by atoms with Gasteiger partial charge in [0.2, 0.25) is 5.82 Å². The summed E-state index contributed by atoms with van der Waals surface area (Å²) in [4.78, 5) is 82.1. The Labute approximate surface area is 452 Å². The molecule has 0 spiro atoms. The van der Waals surface area contributed by atoms with Crippen molar-refractivity contribution < 1.29 is 19.1 Å². The molecule has 2 aliphatic rings. The molecular formula is C52H63Cl2N15O8. The molecule has 2 aliphatic heterocycles. The molecule has 25 heteroatoms. The first-order chi connectivity index (χ1) is 36.4. The Bertz CT molecular complexity index is 3680. The number of alkyl carbamates (subject to hydrolysis) is 2. The van der Waals surface area contributed by atoms with Gasteiger partial charge in [-0.25, -0.2) is 19.2 Å². The SMILES string of the molecule is Cn1c(=O)c2c(c(-c3nn[nH]n3)c(N3CCC[C@@H](NC(=O)OC(C)(C)C)C3)n2Cc2ccccc2Cl)n(C)c1=O.Cn1c(=O)c2c(c(C#N)c(N3CCC[C@@H](NC(=O)OC(C)(C)C)C3)n2Cc2ccccc2Cl)n(C)c1=O. The lowest BCUT2D eigenvalue weighted by molar-refractivity contribution is 0.0488. The van der Waals surface area contributed by atoms with Crippen molar-refractivity contribution in [3.63, 3.8) is 0 Å². The molecule has 408 valence electrons. The lowest BCUT2D eigenvalue weighted by atomic mass is 10.1.